The Morgan fingerprint density at radius 3 is 2.50 bits per heavy atom. The molecule has 3 rings (SSSR count). The monoisotopic (exact) mass is 274 g/mol. The first kappa shape index (κ1) is 13.7. The molecule has 0 unspecified atom stereocenters. The third kappa shape index (κ3) is 3.22. The van der Waals surface area contributed by atoms with Crippen molar-refractivity contribution in [2.75, 3.05) is 13.2 Å². The van der Waals surface area contributed by atoms with E-state index in [4.69, 9.17) is 9.47 Å². The highest BCUT2D eigenvalue weighted by molar-refractivity contribution is 5.35. The minimum absolute atomic E-state index is 0.0293. The van der Waals surface area contributed by atoms with Crippen molar-refractivity contribution in [1.82, 2.24) is 0 Å². The van der Waals surface area contributed by atoms with Crippen LogP contribution in [0.1, 0.15) is 43.6 Å². The van der Waals surface area contributed by atoms with E-state index < -0.39 is 0 Å². The van der Waals surface area contributed by atoms with Crippen molar-refractivity contribution in [2.45, 2.75) is 44.3 Å². The zero-order valence-electron chi connectivity index (χ0n) is 11.8. The van der Waals surface area contributed by atoms with E-state index in [0.717, 1.165) is 50.9 Å². The van der Waals surface area contributed by atoms with Crippen molar-refractivity contribution in [3.05, 3.63) is 41.5 Å². The molecule has 0 radical (unpaired) electrons. The van der Waals surface area contributed by atoms with Crippen LogP contribution in [-0.2, 0) is 9.47 Å². The van der Waals surface area contributed by atoms with Crippen LogP contribution in [0.5, 0.6) is 5.75 Å². The third-order valence-corrected chi connectivity index (χ3v) is 4.29. The predicted molar refractivity (Wildman–Crippen MR) is 77.7 cm³/mol. The molecule has 108 valence electrons. The molecule has 0 amide bonds. The molecule has 0 spiro atoms. The summed E-state index contributed by atoms with van der Waals surface area (Å²) in [6, 6.07) is 7.73. The van der Waals surface area contributed by atoms with Crippen molar-refractivity contribution < 1.29 is 14.6 Å². The van der Waals surface area contributed by atoms with Gasteiger partial charge in [-0.1, -0.05) is 29.8 Å². The second-order valence-corrected chi connectivity index (χ2v) is 5.60. The van der Waals surface area contributed by atoms with Gasteiger partial charge in [-0.05, 0) is 43.2 Å². The Bertz CT molecular complexity index is 465. The van der Waals surface area contributed by atoms with E-state index in [-0.39, 0.29) is 6.29 Å². The Hall–Kier alpha value is -1.32. The van der Waals surface area contributed by atoms with Gasteiger partial charge in [-0.25, -0.2) is 0 Å². The quantitative estimate of drug-likeness (QED) is 0.853. The molecule has 1 aliphatic carbocycles. The Morgan fingerprint density at radius 1 is 1.10 bits per heavy atom. The molecule has 1 saturated heterocycles. The molecule has 1 aromatic carbocycles. The highest BCUT2D eigenvalue weighted by Gasteiger charge is 2.21. The Kier molecular flexibility index (Phi) is 4.38. The lowest BCUT2D eigenvalue weighted by atomic mass is 9.81. The van der Waals surface area contributed by atoms with Crippen LogP contribution in [0.4, 0.5) is 0 Å². The minimum atomic E-state index is -0.0293. The molecule has 20 heavy (non-hydrogen) atoms. The van der Waals surface area contributed by atoms with E-state index in [1.165, 1.54) is 5.57 Å². The number of phenols is 1. The maximum absolute atomic E-state index is 9.93. The standard InChI is InChI=1S/C17H22O3/c18-16-4-2-1-3-15(16)14-8-5-13(6-9-14)7-10-17-19-11-12-20-17/h1-4,7,14,17-18H,5-6,8-12H2. The largest absolute Gasteiger partial charge is 0.508 e. The molecule has 3 nitrogen and oxygen atoms in total. The van der Waals surface area contributed by atoms with Gasteiger partial charge in [0.2, 0.25) is 0 Å². The summed E-state index contributed by atoms with van der Waals surface area (Å²) in [5.74, 6) is 0.935. The molecule has 0 aromatic heterocycles. The number of phenolic OH excluding ortho intramolecular Hbond substituents is 1. The maximum Gasteiger partial charge on any atom is 0.161 e. The summed E-state index contributed by atoms with van der Waals surface area (Å²) < 4.78 is 10.9. The fraction of sp³-hybridized carbons (Fsp3) is 0.529. The molecule has 0 bridgehead atoms. The number of ether oxygens (including phenoxy) is 2. The van der Waals surface area contributed by atoms with Crippen LogP contribution in [0.15, 0.2) is 35.9 Å². The van der Waals surface area contributed by atoms with Crippen LogP contribution in [0.3, 0.4) is 0 Å². The van der Waals surface area contributed by atoms with E-state index >= 15 is 0 Å². The topological polar surface area (TPSA) is 38.7 Å². The van der Waals surface area contributed by atoms with Crippen molar-refractivity contribution >= 4 is 0 Å². The van der Waals surface area contributed by atoms with Crippen LogP contribution in [0, 0.1) is 0 Å². The summed E-state index contributed by atoms with van der Waals surface area (Å²) in [5.41, 5.74) is 2.62. The highest BCUT2D eigenvalue weighted by atomic mass is 16.7. The van der Waals surface area contributed by atoms with Gasteiger partial charge >= 0.3 is 0 Å². The van der Waals surface area contributed by atoms with Gasteiger partial charge in [-0.2, -0.15) is 0 Å². The lowest BCUT2D eigenvalue weighted by molar-refractivity contribution is -0.0382. The second kappa shape index (κ2) is 6.42. The summed E-state index contributed by atoms with van der Waals surface area (Å²) in [5, 5.41) is 9.93. The smallest absolute Gasteiger partial charge is 0.161 e. The van der Waals surface area contributed by atoms with Gasteiger partial charge in [-0.15, -0.1) is 0 Å². The van der Waals surface area contributed by atoms with Gasteiger partial charge in [0.1, 0.15) is 5.75 Å². The molecule has 1 N–H and O–H groups in total. The van der Waals surface area contributed by atoms with Crippen LogP contribution in [-0.4, -0.2) is 24.6 Å². The van der Waals surface area contributed by atoms with Crippen molar-refractivity contribution in [3.63, 3.8) is 0 Å². The van der Waals surface area contributed by atoms with E-state index in [2.05, 4.69) is 12.1 Å². The molecule has 2 aliphatic rings. The number of rotatable bonds is 3. The van der Waals surface area contributed by atoms with Crippen LogP contribution < -0.4 is 0 Å². The fourth-order valence-corrected chi connectivity index (χ4v) is 3.14. The number of hydrogen-bond acceptors (Lipinski definition) is 3. The fourth-order valence-electron chi connectivity index (χ4n) is 3.14. The molecule has 1 aromatic rings. The molecule has 1 heterocycles. The van der Waals surface area contributed by atoms with Crippen LogP contribution in [0.2, 0.25) is 0 Å². The number of allylic oxidation sites excluding steroid dienone is 1. The number of aromatic hydroxyl groups is 1. The number of para-hydroxylation sites is 1. The van der Waals surface area contributed by atoms with E-state index in [9.17, 15) is 5.11 Å². The van der Waals surface area contributed by atoms with Gasteiger partial charge in [0, 0.05) is 6.42 Å². The molecule has 3 heteroatoms. The maximum atomic E-state index is 9.93. The van der Waals surface area contributed by atoms with Gasteiger partial charge in [0.15, 0.2) is 6.29 Å². The SMILES string of the molecule is Oc1ccccc1C1CCC(=CCC2OCCO2)CC1. The van der Waals surface area contributed by atoms with Crippen LogP contribution in [0.25, 0.3) is 0 Å². The normalized spacial score (nSPS) is 24.0. The Morgan fingerprint density at radius 2 is 1.80 bits per heavy atom. The predicted octanol–water partition coefficient (Wildman–Crippen LogP) is 3.74. The van der Waals surface area contributed by atoms with Crippen molar-refractivity contribution in [2.24, 2.45) is 0 Å². The van der Waals surface area contributed by atoms with Crippen molar-refractivity contribution in [3.8, 4) is 5.75 Å². The first-order chi connectivity index (χ1) is 9.83. The average molecular weight is 274 g/mol. The van der Waals surface area contributed by atoms with Crippen molar-refractivity contribution in [1.29, 1.82) is 0 Å². The zero-order valence-corrected chi connectivity index (χ0v) is 11.8. The summed E-state index contributed by atoms with van der Waals surface area (Å²) in [6.07, 6.45) is 7.61. The van der Waals surface area contributed by atoms with Gasteiger partial charge in [0.05, 0.1) is 13.2 Å². The second-order valence-electron chi connectivity index (χ2n) is 5.60. The van der Waals surface area contributed by atoms with E-state index in [1.807, 2.05) is 12.1 Å². The first-order valence-corrected chi connectivity index (χ1v) is 7.52. The third-order valence-electron chi connectivity index (χ3n) is 4.29. The van der Waals surface area contributed by atoms with Gasteiger partial charge in [-0.3, -0.25) is 0 Å². The lowest BCUT2D eigenvalue weighted by Crippen LogP contribution is -2.09. The summed E-state index contributed by atoms with van der Waals surface area (Å²) in [6.45, 7) is 1.45. The number of hydrogen-bond donors (Lipinski definition) is 1. The Balaban J connectivity index is 1.54. The molecule has 2 fully saturated rings. The first-order valence-electron chi connectivity index (χ1n) is 7.52. The zero-order chi connectivity index (χ0) is 13.8. The minimum Gasteiger partial charge on any atom is -0.508 e. The Labute approximate surface area is 120 Å². The average Bonchev–Trinajstić information content (AvgIpc) is 3.00. The molecular formula is C17H22O3. The molecule has 0 atom stereocenters. The van der Waals surface area contributed by atoms with Crippen LogP contribution >= 0.6 is 0 Å². The summed E-state index contributed by atoms with van der Waals surface area (Å²) in [7, 11) is 0. The molecular weight excluding hydrogens is 252 g/mol. The lowest BCUT2D eigenvalue weighted by Gasteiger charge is -2.25. The highest BCUT2D eigenvalue weighted by Crippen LogP contribution is 2.38. The van der Waals surface area contributed by atoms with Gasteiger partial charge in [0.25, 0.3) is 0 Å². The summed E-state index contributed by atoms with van der Waals surface area (Å²) >= 11 is 0. The molecule has 1 saturated carbocycles. The summed E-state index contributed by atoms with van der Waals surface area (Å²) in [4.78, 5) is 0. The van der Waals surface area contributed by atoms with Gasteiger partial charge < -0.3 is 14.6 Å². The molecule has 1 aliphatic heterocycles. The van der Waals surface area contributed by atoms with E-state index in [1.54, 1.807) is 6.07 Å². The number of benzene rings is 1. The van der Waals surface area contributed by atoms with E-state index in [0.29, 0.717) is 11.7 Å².